The van der Waals surface area contributed by atoms with Crippen molar-refractivity contribution in [2.24, 2.45) is 5.41 Å². The number of likely N-dealkylation sites (tertiary alicyclic amines) is 1. The summed E-state index contributed by atoms with van der Waals surface area (Å²) in [6, 6.07) is 7.77. The van der Waals surface area contributed by atoms with E-state index < -0.39 is 15.5 Å². The van der Waals surface area contributed by atoms with Gasteiger partial charge < -0.3 is 4.90 Å². The maximum absolute atomic E-state index is 13.1. The molecule has 0 saturated carbocycles. The van der Waals surface area contributed by atoms with Gasteiger partial charge in [-0.3, -0.25) is 9.35 Å². The monoisotopic (exact) mass is 491 g/mol. The zero-order valence-electron chi connectivity index (χ0n) is 16.6. The molecular formula is C20H30BrNO4S2. The highest BCUT2D eigenvalue weighted by molar-refractivity contribution is 9.10. The lowest BCUT2D eigenvalue weighted by molar-refractivity contribution is -0.128. The van der Waals surface area contributed by atoms with Gasteiger partial charge in [0.2, 0.25) is 0 Å². The Bertz CT molecular complexity index is 744. The van der Waals surface area contributed by atoms with Gasteiger partial charge in [0.25, 0.3) is 10.1 Å². The number of carbonyl (C=O) groups is 1. The Morgan fingerprint density at radius 3 is 2.39 bits per heavy atom. The topological polar surface area (TPSA) is 74.7 Å². The number of hydrogen-bond donors (Lipinski definition) is 1. The number of carbonyl (C=O) groups excluding carboxylic acids is 1. The molecule has 0 bridgehead atoms. The maximum atomic E-state index is 13.1. The Labute approximate surface area is 181 Å². The van der Waals surface area contributed by atoms with Crippen LogP contribution >= 0.6 is 27.7 Å². The van der Waals surface area contributed by atoms with Gasteiger partial charge in [0.15, 0.2) is 0 Å². The molecule has 5 nitrogen and oxygen atoms in total. The van der Waals surface area contributed by atoms with E-state index in [4.69, 9.17) is 4.55 Å². The molecule has 1 saturated heterocycles. The molecule has 0 spiro atoms. The molecule has 1 aromatic carbocycles. The molecule has 1 aliphatic rings. The van der Waals surface area contributed by atoms with E-state index >= 15 is 0 Å². The van der Waals surface area contributed by atoms with Gasteiger partial charge >= 0.3 is 0 Å². The summed E-state index contributed by atoms with van der Waals surface area (Å²) in [7, 11) is -4.00. The first-order valence-electron chi connectivity index (χ1n) is 9.65. The number of benzene rings is 1. The molecule has 0 aliphatic carbocycles. The molecule has 1 aliphatic heterocycles. The molecule has 1 aromatic rings. The molecule has 0 aromatic heterocycles. The van der Waals surface area contributed by atoms with Crippen LogP contribution in [0.3, 0.4) is 0 Å². The maximum Gasteiger partial charge on any atom is 0.265 e. The Kier molecular flexibility index (Phi) is 9.01. The second kappa shape index (κ2) is 10.6. The van der Waals surface area contributed by atoms with Crippen LogP contribution in [-0.4, -0.2) is 54.8 Å². The Hall–Kier alpha value is -0.410. The molecule has 1 fully saturated rings. The largest absolute Gasteiger partial charge is 0.302 e. The van der Waals surface area contributed by atoms with Gasteiger partial charge in [-0.25, -0.2) is 0 Å². The molecule has 1 atom stereocenters. The van der Waals surface area contributed by atoms with E-state index in [0.717, 1.165) is 29.7 Å². The van der Waals surface area contributed by atoms with Crippen molar-refractivity contribution in [1.82, 2.24) is 4.90 Å². The minimum atomic E-state index is -4.00. The summed E-state index contributed by atoms with van der Waals surface area (Å²) < 4.78 is 32.1. The molecular weight excluding hydrogens is 462 g/mol. The number of ketones is 1. The van der Waals surface area contributed by atoms with Crippen LogP contribution in [0.2, 0.25) is 0 Å². The first-order valence-corrected chi connectivity index (χ1v) is 13.1. The van der Waals surface area contributed by atoms with Crippen molar-refractivity contribution in [2.45, 2.75) is 44.8 Å². The molecule has 28 heavy (non-hydrogen) atoms. The summed E-state index contributed by atoms with van der Waals surface area (Å²) >= 11 is 4.83. The molecule has 0 radical (unpaired) electrons. The van der Waals surface area contributed by atoms with Crippen molar-refractivity contribution in [3.05, 3.63) is 34.3 Å². The molecule has 0 unspecified atom stereocenters. The number of piperidine rings is 1. The van der Waals surface area contributed by atoms with Gasteiger partial charge in [0.1, 0.15) is 5.78 Å². The number of Topliss-reactive ketones (excluding diaryl/α,β-unsaturated/α-hetero) is 1. The third-order valence-corrected chi connectivity index (χ3v) is 7.88. The second-order valence-electron chi connectivity index (χ2n) is 8.05. The highest BCUT2D eigenvalue weighted by atomic mass is 79.9. The molecule has 1 N–H and O–H groups in total. The first kappa shape index (κ1) is 23.9. The van der Waals surface area contributed by atoms with E-state index in [1.807, 2.05) is 38.1 Å². The average molecular weight is 493 g/mol. The first-order chi connectivity index (χ1) is 13.1. The Balaban J connectivity index is 2.06. The molecule has 8 heteroatoms. The van der Waals surface area contributed by atoms with E-state index in [9.17, 15) is 13.2 Å². The van der Waals surface area contributed by atoms with Crippen LogP contribution in [-0.2, 0) is 14.9 Å². The molecule has 2 rings (SSSR count). The van der Waals surface area contributed by atoms with Gasteiger partial charge in [0.05, 0.1) is 5.75 Å². The number of rotatable bonds is 10. The Morgan fingerprint density at radius 2 is 1.82 bits per heavy atom. The smallest absolute Gasteiger partial charge is 0.265 e. The molecule has 1 heterocycles. The SMILES string of the molecule is CC(C)(CN1CCCCC1)C(=O)C[C@@H](SCCS(=O)(=O)O)c1ccc(Br)cc1. The zero-order chi connectivity index (χ0) is 20.8. The second-order valence-corrected chi connectivity index (χ2v) is 11.8. The van der Waals surface area contributed by atoms with E-state index in [2.05, 4.69) is 20.8 Å². The van der Waals surface area contributed by atoms with E-state index in [0.29, 0.717) is 6.42 Å². The van der Waals surface area contributed by atoms with Gasteiger partial charge in [-0.15, -0.1) is 0 Å². The standard InChI is InChI=1S/C20H30BrNO4S2/c1-20(2,15-22-10-4-3-5-11-22)19(23)14-18(27-12-13-28(24,25)26)16-6-8-17(21)9-7-16/h6-9,18H,3-5,10-15H2,1-2H3,(H,24,25,26)/t18-/m1/s1. The highest BCUT2D eigenvalue weighted by Gasteiger charge is 2.32. The zero-order valence-corrected chi connectivity index (χ0v) is 19.8. The van der Waals surface area contributed by atoms with Crippen LogP contribution < -0.4 is 0 Å². The lowest BCUT2D eigenvalue weighted by Gasteiger charge is -2.34. The Morgan fingerprint density at radius 1 is 1.21 bits per heavy atom. The quantitative estimate of drug-likeness (QED) is 0.482. The minimum absolute atomic E-state index is 0.136. The predicted octanol–water partition coefficient (Wildman–Crippen LogP) is 4.58. The summed E-state index contributed by atoms with van der Waals surface area (Å²) in [5.41, 5.74) is 0.542. The van der Waals surface area contributed by atoms with Crippen LogP contribution in [0.1, 0.15) is 50.3 Å². The third kappa shape index (κ3) is 8.14. The van der Waals surface area contributed by atoms with Crippen molar-refractivity contribution >= 4 is 43.6 Å². The summed E-state index contributed by atoms with van der Waals surface area (Å²) in [6.07, 6.45) is 3.99. The van der Waals surface area contributed by atoms with Crippen LogP contribution in [0.25, 0.3) is 0 Å². The van der Waals surface area contributed by atoms with Crippen LogP contribution in [0.4, 0.5) is 0 Å². The lowest BCUT2D eigenvalue weighted by atomic mass is 9.84. The van der Waals surface area contributed by atoms with Gasteiger partial charge in [-0.2, -0.15) is 20.2 Å². The summed E-state index contributed by atoms with van der Waals surface area (Å²) in [5, 5.41) is -0.136. The minimum Gasteiger partial charge on any atom is -0.302 e. The van der Waals surface area contributed by atoms with E-state index in [1.54, 1.807) is 0 Å². The van der Waals surface area contributed by atoms with Crippen molar-refractivity contribution in [1.29, 1.82) is 0 Å². The van der Waals surface area contributed by atoms with E-state index in [-0.39, 0.29) is 22.5 Å². The van der Waals surface area contributed by atoms with E-state index in [1.165, 1.54) is 31.0 Å². The fraction of sp³-hybridized carbons (Fsp3) is 0.650. The number of nitrogens with zero attached hydrogens (tertiary/aromatic N) is 1. The van der Waals surface area contributed by atoms with Crippen molar-refractivity contribution < 1.29 is 17.8 Å². The van der Waals surface area contributed by atoms with Crippen LogP contribution in [0.15, 0.2) is 28.7 Å². The van der Waals surface area contributed by atoms with Crippen LogP contribution in [0, 0.1) is 5.41 Å². The van der Waals surface area contributed by atoms with Crippen LogP contribution in [0.5, 0.6) is 0 Å². The van der Waals surface area contributed by atoms with Gasteiger partial charge in [0, 0.05) is 33.9 Å². The third-order valence-electron chi connectivity index (χ3n) is 5.10. The van der Waals surface area contributed by atoms with Gasteiger partial charge in [-0.05, 0) is 43.6 Å². The lowest BCUT2D eigenvalue weighted by Crippen LogP contribution is -2.42. The van der Waals surface area contributed by atoms with Crippen molar-refractivity contribution in [3.63, 3.8) is 0 Å². The summed E-state index contributed by atoms with van der Waals surface area (Å²) in [4.78, 5) is 15.5. The average Bonchev–Trinajstić information content (AvgIpc) is 2.61. The molecule has 0 amide bonds. The molecule has 158 valence electrons. The normalized spacial score (nSPS) is 17.4. The fourth-order valence-electron chi connectivity index (χ4n) is 3.46. The summed E-state index contributed by atoms with van der Waals surface area (Å²) in [6.45, 7) is 6.87. The number of halogens is 1. The van der Waals surface area contributed by atoms with Gasteiger partial charge in [-0.1, -0.05) is 48.3 Å². The summed E-state index contributed by atoms with van der Waals surface area (Å²) in [5.74, 6) is 0.125. The predicted molar refractivity (Wildman–Crippen MR) is 119 cm³/mol. The number of thioether (sulfide) groups is 1. The number of hydrogen-bond acceptors (Lipinski definition) is 5. The van der Waals surface area contributed by atoms with Crippen molar-refractivity contribution in [2.75, 3.05) is 31.1 Å². The highest BCUT2D eigenvalue weighted by Crippen LogP contribution is 2.36. The van der Waals surface area contributed by atoms with Crippen molar-refractivity contribution in [3.8, 4) is 0 Å². The fourth-order valence-corrected chi connectivity index (χ4v) is 5.85.